The molecule has 1 aliphatic heterocycles. The first-order valence-electron chi connectivity index (χ1n) is 5.77. The van der Waals surface area contributed by atoms with Crippen molar-refractivity contribution in [2.45, 2.75) is 13.0 Å². The minimum absolute atomic E-state index is 0.0790. The number of rotatable bonds is 2. The molecule has 0 aromatic heterocycles. The molecule has 1 saturated heterocycles. The first kappa shape index (κ1) is 12.4. The van der Waals surface area contributed by atoms with Gasteiger partial charge in [0.25, 0.3) is 5.91 Å². The van der Waals surface area contributed by atoms with Crippen molar-refractivity contribution in [3.05, 3.63) is 41.3 Å². The number of amides is 1. The molecule has 4 heteroatoms. The van der Waals surface area contributed by atoms with Gasteiger partial charge in [0.05, 0.1) is 0 Å². The number of benzene rings is 1. The fourth-order valence-corrected chi connectivity index (χ4v) is 2.17. The van der Waals surface area contributed by atoms with Gasteiger partial charge < -0.3 is 10.6 Å². The van der Waals surface area contributed by atoms with E-state index in [9.17, 15) is 4.79 Å². The monoisotopic (exact) mass is 251 g/mol. The Morgan fingerprint density at radius 2 is 2.29 bits per heavy atom. The van der Waals surface area contributed by atoms with Crippen molar-refractivity contribution in [2.75, 3.05) is 13.1 Å². The maximum Gasteiger partial charge on any atom is 0.251 e. The SMILES string of the molecule is CC1[CH]C(NC(=O)c2cccc(Cl)c2)CNC1. The van der Waals surface area contributed by atoms with Gasteiger partial charge in [-0.2, -0.15) is 0 Å². The van der Waals surface area contributed by atoms with Gasteiger partial charge in [0.2, 0.25) is 0 Å². The van der Waals surface area contributed by atoms with E-state index in [1.807, 2.05) is 0 Å². The summed E-state index contributed by atoms with van der Waals surface area (Å²) in [5.74, 6) is 0.401. The maximum atomic E-state index is 12.0. The van der Waals surface area contributed by atoms with E-state index < -0.39 is 0 Å². The second-order valence-electron chi connectivity index (χ2n) is 4.42. The molecule has 1 aliphatic rings. The third-order valence-electron chi connectivity index (χ3n) is 2.79. The van der Waals surface area contributed by atoms with Crippen molar-refractivity contribution in [1.82, 2.24) is 10.6 Å². The van der Waals surface area contributed by atoms with Crippen LogP contribution in [-0.2, 0) is 0 Å². The van der Waals surface area contributed by atoms with Crippen molar-refractivity contribution >= 4 is 17.5 Å². The molecule has 0 spiro atoms. The van der Waals surface area contributed by atoms with Crippen LogP contribution < -0.4 is 10.6 Å². The molecule has 0 aliphatic carbocycles. The maximum absolute atomic E-state index is 12.0. The van der Waals surface area contributed by atoms with Crippen LogP contribution in [-0.4, -0.2) is 25.0 Å². The van der Waals surface area contributed by atoms with Gasteiger partial charge in [-0.05, 0) is 37.1 Å². The van der Waals surface area contributed by atoms with Gasteiger partial charge in [-0.25, -0.2) is 0 Å². The summed E-state index contributed by atoms with van der Waals surface area (Å²) < 4.78 is 0. The zero-order valence-corrected chi connectivity index (χ0v) is 10.5. The molecule has 91 valence electrons. The standard InChI is InChI=1S/C13H16ClN2O/c1-9-5-12(8-15-7-9)16-13(17)10-3-2-4-11(14)6-10/h2-6,9,12,15H,7-8H2,1H3,(H,16,17). The Morgan fingerprint density at radius 3 is 3.00 bits per heavy atom. The molecule has 1 fully saturated rings. The molecule has 2 atom stereocenters. The lowest BCUT2D eigenvalue weighted by molar-refractivity contribution is 0.0937. The van der Waals surface area contributed by atoms with E-state index in [1.165, 1.54) is 0 Å². The summed E-state index contributed by atoms with van der Waals surface area (Å²) in [5.41, 5.74) is 0.601. The number of carbonyl (C=O) groups is 1. The first-order valence-corrected chi connectivity index (χ1v) is 6.15. The predicted octanol–water partition coefficient (Wildman–Crippen LogP) is 1.88. The largest absolute Gasteiger partial charge is 0.348 e. The zero-order chi connectivity index (χ0) is 12.3. The lowest BCUT2D eigenvalue weighted by atomic mass is 9.97. The normalized spacial score (nSPS) is 24.4. The Morgan fingerprint density at radius 1 is 1.47 bits per heavy atom. The number of halogens is 1. The molecule has 1 heterocycles. The second-order valence-corrected chi connectivity index (χ2v) is 4.85. The summed E-state index contributed by atoms with van der Waals surface area (Å²) in [5, 5.41) is 6.84. The van der Waals surface area contributed by atoms with E-state index in [-0.39, 0.29) is 11.9 Å². The Labute approximate surface area is 107 Å². The van der Waals surface area contributed by atoms with E-state index in [2.05, 4.69) is 24.0 Å². The van der Waals surface area contributed by atoms with Gasteiger partial charge in [-0.1, -0.05) is 24.6 Å². The van der Waals surface area contributed by atoms with Crippen LogP contribution in [0.1, 0.15) is 17.3 Å². The number of carbonyl (C=O) groups excluding carboxylic acids is 1. The molecule has 2 N–H and O–H groups in total. The average molecular weight is 252 g/mol. The number of nitrogens with one attached hydrogen (secondary N) is 2. The van der Waals surface area contributed by atoms with Gasteiger partial charge in [0.1, 0.15) is 0 Å². The van der Waals surface area contributed by atoms with Crippen molar-refractivity contribution < 1.29 is 4.79 Å². The number of hydrogen-bond donors (Lipinski definition) is 2. The lowest BCUT2D eigenvalue weighted by Crippen LogP contribution is -2.48. The van der Waals surface area contributed by atoms with Crippen molar-refractivity contribution in [3.63, 3.8) is 0 Å². The third-order valence-corrected chi connectivity index (χ3v) is 3.03. The van der Waals surface area contributed by atoms with Gasteiger partial charge >= 0.3 is 0 Å². The van der Waals surface area contributed by atoms with Gasteiger partial charge in [0.15, 0.2) is 0 Å². The molecular weight excluding hydrogens is 236 g/mol. The summed E-state index contributed by atoms with van der Waals surface area (Å²) in [6.07, 6.45) is 2.17. The molecule has 1 amide bonds. The minimum Gasteiger partial charge on any atom is -0.348 e. The van der Waals surface area contributed by atoms with Gasteiger partial charge in [-0.3, -0.25) is 4.79 Å². The number of hydrogen-bond acceptors (Lipinski definition) is 2. The van der Waals surface area contributed by atoms with Crippen molar-refractivity contribution in [3.8, 4) is 0 Å². The fraction of sp³-hybridized carbons (Fsp3) is 0.385. The van der Waals surface area contributed by atoms with Crippen LogP contribution in [0.5, 0.6) is 0 Å². The van der Waals surface area contributed by atoms with Crippen LogP contribution in [0.2, 0.25) is 5.02 Å². The van der Waals surface area contributed by atoms with E-state index in [1.54, 1.807) is 24.3 Å². The van der Waals surface area contributed by atoms with Crippen LogP contribution in [0.4, 0.5) is 0 Å². The Kier molecular flexibility index (Phi) is 4.02. The van der Waals surface area contributed by atoms with Crippen LogP contribution in [0.25, 0.3) is 0 Å². The third kappa shape index (κ3) is 3.45. The fourth-order valence-electron chi connectivity index (χ4n) is 1.98. The predicted molar refractivity (Wildman–Crippen MR) is 69.0 cm³/mol. The summed E-state index contributed by atoms with van der Waals surface area (Å²) in [4.78, 5) is 12.0. The smallest absolute Gasteiger partial charge is 0.251 e. The molecule has 3 nitrogen and oxygen atoms in total. The van der Waals surface area contributed by atoms with Crippen molar-refractivity contribution in [2.24, 2.45) is 5.92 Å². The molecule has 1 aromatic rings. The molecule has 0 bridgehead atoms. The first-order chi connectivity index (χ1) is 8.15. The van der Waals surface area contributed by atoms with E-state index in [0.29, 0.717) is 16.5 Å². The molecule has 1 aromatic carbocycles. The second kappa shape index (κ2) is 5.52. The molecule has 1 radical (unpaired) electrons. The topological polar surface area (TPSA) is 41.1 Å². The minimum atomic E-state index is -0.0790. The molecular formula is C13H16ClN2O. The summed E-state index contributed by atoms with van der Waals surface area (Å²) in [7, 11) is 0. The summed E-state index contributed by atoms with van der Waals surface area (Å²) >= 11 is 5.85. The lowest BCUT2D eigenvalue weighted by Gasteiger charge is -2.28. The summed E-state index contributed by atoms with van der Waals surface area (Å²) in [6, 6.07) is 7.07. The molecule has 2 unspecified atom stereocenters. The Balaban J connectivity index is 1.97. The van der Waals surface area contributed by atoms with Crippen LogP contribution >= 0.6 is 11.6 Å². The quantitative estimate of drug-likeness (QED) is 0.843. The van der Waals surface area contributed by atoms with Gasteiger partial charge in [-0.15, -0.1) is 0 Å². The van der Waals surface area contributed by atoms with Crippen LogP contribution in [0.15, 0.2) is 24.3 Å². The average Bonchev–Trinajstić information content (AvgIpc) is 2.29. The zero-order valence-electron chi connectivity index (χ0n) is 9.74. The highest BCUT2D eigenvalue weighted by Gasteiger charge is 2.20. The molecule has 0 saturated carbocycles. The highest BCUT2D eigenvalue weighted by molar-refractivity contribution is 6.30. The van der Waals surface area contributed by atoms with Crippen LogP contribution in [0.3, 0.4) is 0 Å². The molecule has 2 rings (SSSR count). The van der Waals surface area contributed by atoms with E-state index in [0.717, 1.165) is 13.1 Å². The van der Waals surface area contributed by atoms with E-state index >= 15 is 0 Å². The van der Waals surface area contributed by atoms with Gasteiger partial charge in [0, 0.05) is 23.2 Å². The highest BCUT2D eigenvalue weighted by atomic mass is 35.5. The van der Waals surface area contributed by atoms with E-state index in [4.69, 9.17) is 11.6 Å². The molecule has 17 heavy (non-hydrogen) atoms. The van der Waals surface area contributed by atoms with Crippen molar-refractivity contribution in [1.29, 1.82) is 0 Å². The highest BCUT2D eigenvalue weighted by Crippen LogP contribution is 2.12. The summed E-state index contributed by atoms with van der Waals surface area (Å²) in [6.45, 7) is 3.89. The number of piperidine rings is 1. The Bertz CT molecular complexity index is 408. The van der Waals surface area contributed by atoms with Crippen LogP contribution in [0, 0.1) is 12.3 Å². The Hall–Kier alpha value is -1.06.